The Bertz CT molecular complexity index is 333. The van der Waals surface area contributed by atoms with Crippen LogP contribution in [-0.4, -0.2) is 37.2 Å². The van der Waals surface area contributed by atoms with Crippen LogP contribution in [0, 0.1) is 5.92 Å². The molecule has 102 valence electrons. The SMILES string of the molecule is CO[C@@H]1CC[C@H]1NC(=O)N[C@@H]1CC[C@H](C(N)=O)C1. The molecular formula is C12H21N3O3. The van der Waals surface area contributed by atoms with Crippen molar-refractivity contribution in [1.82, 2.24) is 10.6 Å². The highest BCUT2D eigenvalue weighted by Gasteiger charge is 2.33. The van der Waals surface area contributed by atoms with Gasteiger partial charge >= 0.3 is 6.03 Å². The topological polar surface area (TPSA) is 93.4 Å². The van der Waals surface area contributed by atoms with E-state index < -0.39 is 0 Å². The Hall–Kier alpha value is -1.30. The van der Waals surface area contributed by atoms with Crippen molar-refractivity contribution < 1.29 is 14.3 Å². The molecule has 2 rings (SSSR count). The second-order valence-electron chi connectivity index (χ2n) is 5.19. The lowest BCUT2D eigenvalue weighted by molar-refractivity contribution is -0.121. The van der Waals surface area contributed by atoms with Gasteiger partial charge in [0, 0.05) is 19.1 Å². The molecule has 0 unspecified atom stereocenters. The Labute approximate surface area is 107 Å². The fraction of sp³-hybridized carbons (Fsp3) is 0.833. The first-order valence-electron chi connectivity index (χ1n) is 6.49. The van der Waals surface area contributed by atoms with Crippen LogP contribution in [0.15, 0.2) is 0 Å². The maximum Gasteiger partial charge on any atom is 0.315 e. The number of nitrogens with two attached hydrogens (primary N) is 1. The Balaban J connectivity index is 1.70. The first-order valence-corrected chi connectivity index (χ1v) is 6.49. The number of rotatable bonds is 4. The minimum Gasteiger partial charge on any atom is -0.379 e. The van der Waals surface area contributed by atoms with Gasteiger partial charge < -0.3 is 21.1 Å². The zero-order valence-corrected chi connectivity index (χ0v) is 10.6. The molecule has 6 heteroatoms. The van der Waals surface area contributed by atoms with Crippen molar-refractivity contribution in [3.63, 3.8) is 0 Å². The van der Waals surface area contributed by atoms with Crippen LogP contribution < -0.4 is 16.4 Å². The minimum atomic E-state index is -0.266. The molecule has 2 saturated carbocycles. The van der Waals surface area contributed by atoms with E-state index in [1.807, 2.05) is 0 Å². The zero-order chi connectivity index (χ0) is 13.1. The van der Waals surface area contributed by atoms with Gasteiger partial charge in [-0.05, 0) is 32.1 Å². The third-order valence-corrected chi connectivity index (χ3v) is 4.00. The van der Waals surface area contributed by atoms with Gasteiger partial charge in [-0.15, -0.1) is 0 Å². The van der Waals surface area contributed by atoms with Crippen molar-refractivity contribution in [2.45, 2.75) is 50.3 Å². The average molecular weight is 255 g/mol. The number of urea groups is 1. The van der Waals surface area contributed by atoms with Crippen molar-refractivity contribution >= 4 is 11.9 Å². The molecule has 0 spiro atoms. The van der Waals surface area contributed by atoms with Crippen LogP contribution in [0.2, 0.25) is 0 Å². The van der Waals surface area contributed by atoms with Gasteiger partial charge in [0.2, 0.25) is 5.91 Å². The van der Waals surface area contributed by atoms with Gasteiger partial charge in [0.25, 0.3) is 0 Å². The molecule has 0 heterocycles. The molecule has 4 N–H and O–H groups in total. The number of amides is 3. The Kier molecular flexibility index (Phi) is 4.06. The number of carbonyl (C=O) groups excluding carboxylic acids is 2. The third-order valence-electron chi connectivity index (χ3n) is 4.00. The summed E-state index contributed by atoms with van der Waals surface area (Å²) in [6, 6.07) is 0.00350. The molecule has 0 radical (unpaired) electrons. The van der Waals surface area contributed by atoms with Gasteiger partial charge in [0.15, 0.2) is 0 Å². The predicted molar refractivity (Wildman–Crippen MR) is 65.8 cm³/mol. The van der Waals surface area contributed by atoms with Crippen molar-refractivity contribution in [3.8, 4) is 0 Å². The van der Waals surface area contributed by atoms with E-state index in [4.69, 9.17) is 10.5 Å². The van der Waals surface area contributed by atoms with E-state index in [1.54, 1.807) is 7.11 Å². The molecule has 0 saturated heterocycles. The van der Waals surface area contributed by atoms with Crippen LogP contribution >= 0.6 is 0 Å². The third kappa shape index (κ3) is 2.93. The normalized spacial score (nSPS) is 34.7. The fourth-order valence-electron chi connectivity index (χ4n) is 2.68. The molecule has 0 aromatic heterocycles. The monoisotopic (exact) mass is 255 g/mol. The lowest BCUT2D eigenvalue weighted by Gasteiger charge is -2.36. The Morgan fingerprint density at radius 1 is 1.17 bits per heavy atom. The lowest BCUT2D eigenvalue weighted by atomic mass is 9.89. The highest BCUT2D eigenvalue weighted by molar-refractivity contribution is 5.78. The summed E-state index contributed by atoms with van der Waals surface area (Å²) in [5.41, 5.74) is 5.25. The largest absolute Gasteiger partial charge is 0.379 e. The van der Waals surface area contributed by atoms with Crippen molar-refractivity contribution in [2.24, 2.45) is 11.7 Å². The highest BCUT2D eigenvalue weighted by atomic mass is 16.5. The summed E-state index contributed by atoms with van der Waals surface area (Å²) < 4.78 is 5.21. The van der Waals surface area contributed by atoms with Crippen LogP contribution in [0.3, 0.4) is 0 Å². The Morgan fingerprint density at radius 2 is 1.94 bits per heavy atom. The van der Waals surface area contributed by atoms with Crippen molar-refractivity contribution in [1.29, 1.82) is 0 Å². The summed E-state index contributed by atoms with van der Waals surface area (Å²) in [6.45, 7) is 0. The standard InChI is InChI=1S/C12H21N3O3/c1-18-10-5-4-9(10)15-12(17)14-8-3-2-7(6-8)11(13)16/h7-10H,2-6H2,1H3,(H2,13,16)(H2,14,15,17)/t7-,8+,9+,10+/m0/s1. The summed E-state index contributed by atoms with van der Waals surface area (Å²) in [5, 5.41) is 5.79. The van der Waals surface area contributed by atoms with Gasteiger partial charge in [-0.1, -0.05) is 0 Å². The first-order chi connectivity index (χ1) is 8.60. The van der Waals surface area contributed by atoms with Gasteiger partial charge in [0.05, 0.1) is 12.1 Å². The number of primary amides is 1. The van der Waals surface area contributed by atoms with Gasteiger partial charge in [-0.2, -0.15) is 0 Å². The van der Waals surface area contributed by atoms with Crippen molar-refractivity contribution in [2.75, 3.05) is 7.11 Å². The molecule has 2 fully saturated rings. The van der Waals surface area contributed by atoms with Crippen molar-refractivity contribution in [3.05, 3.63) is 0 Å². The molecule has 18 heavy (non-hydrogen) atoms. The summed E-state index contributed by atoms with van der Waals surface area (Å²) >= 11 is 0. The molecule has 6 nitrogen and oxygen atoms in total. The van der Waals surface area contributed by atoms with E-state index in [9.17, 15) is 9.59 Å². The van der Waals surface area contributed by atoms with Crippen LogP contribution in [0.1, 0.15) is 32.1 Å². The number of methoxy groups -OCH3 is 1. The van der Waals surface area contributed by atoms with E-state index in [-0.39, 0.29) is 36.0 Å². The second kappa shape index (κ2) is 5.56. The highest BCUT2D eigenvalue weighted by Crippen LogP contribution is 2.25. The summed E-state index contributed by atoms with van der Waals surface area (Å²) in [4.78, 5) is 22.8. The van der Waals surface area contributed by atoms with Crippen LogP contribution in [-0.2, 0) is 9.53 Å². The van der Waals surface area contributed by atoms with E-state index >= 15 is 0 Å². The van der Waals surface area contributed by atoms with Crippen LogP contribution in [0.4, 0.5) is 4.79 Å². The van der Waals surface area contributed by atoms with E-state index in [1.165, 1.54) is 0 Å². The number of hydrogen-bond acceptors (Lipinski definition) is 3. The molecule has 0 aromatic carbocycles. The summed E-state index contributed by atoms with van der Waals surface area (Å²) in [5.74, 6) is -0.358. The number of ether oxygens (including phenoxy) is 1. The smallest absolute Gasteiger partial charge is 0.315 e. The molecule has 0 aliphatic heterocycles. The van der Waals surface area contributed by atoms with E-state index in [2.05, 4.69) is 10.6 Å². The summed E-state index contributed by atoms with van der Waals surface area (Å²) in [7, 11) is 1.66. The predicted octanol–water partition coefficient (Wildman–Crippen LogP) is 0.117. The number of carbonyl (C=O) groups is 2. The van der Waals surface area contributed by atoms with Gasteiger partial charge in [0.1, 0.15) is 0 Å². The molecule has 2 aliphatic carbocycles. The van der Waals surface area contributed by atoms with Crippen LogP contribution in [0.25, 0.3) is 0 Å². The summed E-state index contributed by atoms with van der Waals surface area (Å²) in [6.07, 6.45) is 4.33. The fourth-order valence-corrected chi connectivity index (χ4v) is 2.68. The lowest BCUT2D eigenvalue weighted by Crippen LogP contribution is -2.55. The maximum absolute atomic E-state index is 11.7. The molecule has 0 aromatic rings. The van der Waals surface area contributed by atoms with E-state index in [0.717, 1.165) is 25.7 Å². The second-order valence-corrected chi connectivity index (χ2v) is 5.19. The first kappa shape index (κ1) is 13.1. The quantitative estimate of drug-likeness (QED) is 0.666. The van der Waals surface area contributed by atoms with E-state index in [0.29, 0.717) is 6.42 Å². The molecule has 2 aliphatic rings. The molecule has 4 atom stereocenters. The Morgan fingerprint density at radius 3 is 2.44 bits per heavy atom. The number of nitrogens with one attached hydrogen (secondary N) is 2. The van der Waals surface area contributed by atoms with Crippen LogP contribution in [0.5, 0.6) is 0 Å². The van der Waals surface area contributed by atoms with Gasteiger partial charge in [-0.3, -0.25) is 4.79 Å². The molecule has 0 bridgehead atoms. The molecular weight excluding hydrogens is 234 g/mol. The minimum absolute atomic E-state index is 0.0589. The maximum atomic E-state index is 11.7. The number of hydrogen-bond donors (Lipinski definition) is 3. The molecule has 3 amide bonds. The van der Waals surface area contributed by atoms with Gasteiger partial charge in [-0.25, -0.2) is 4.79 Å². The zero-order valence-electron chi connectivity index (χ0n) is 10.6. The average Bonchev–Trinajstić information content (AvgIpc) is 2.74.